The summed E-state index contributed by atoms with van der Waals surface area (Å²) in [5.74, 6) is 0.696. The van der Waals surface area contributed by atoms with Gasteiger partial charge in [0.2, 0.25) is 0 Å². The van der Waals surface area contributed by atoms with Crippen LogP contribution in [0.5, 0.6) is 5.75 Å². The molecule has 0 aromatic heterocycles. The lowest BCUT2D eigenvalue weighted by molar-refractivity contribution is -0.384. The van der Waals surface area contributed by atoms with Gasteiger partial charge in [0.05, 0.1) is 4.92 Å². The van der Waals surface area contributed by atoms with Crippen LogP contribution in [0.4, 0.5) is 11.4 Å². The Labute approximate surface area is 159 Å². The van der Waals surface area contributed by atoms with Gasteiger partial charge in [-0.3, -0.25) is 14.9 Å². The fourth-order valence-electron chi connectivity index (χ4n) is 2.97. The van der Waals surface area contributed by atoms with Crippen molar-refractivity contribution in [3.8, 4) is 5.75 Å². The van der Waals surface area contributed by atoms with Crippen molar-refractivity contribution in [2.45, 2.75) is 47.0 Å². The largest absolute Gasteiger partial charge is 0.483 e. The average molecular weight is 370 g/mol. The molecular formula is C21H26N2O4. The Morgan fingerprint density at radius 1 is 1.22 bits per heavy atom. The number of non-ortho nitro benzene ring substituents is 1. The molecule has 0 radical (unpaired) electrons. The summed E-state index contributed by atoms with van der Waals surface area (Å²) < 4.78 is 5.77. The molecule has 0 atom stereocenters. The summed E-state index contributed by atoms with van der Waals surface area (Å²) in [7, 11) is 0. The van der Waals surface area contributed by atoms with Crippen LogP contribution in [-0.4, -0.2) is 17.4 Å². The Hall–Kier alpha value is -2.89. The summed E-state index contributed by atoms with van der Waals surface area (Å²) in [5, 5.41) is 13.9. The van der Waals surface area contributed by atoms with Crippen molar-refractivity contribution in [2.24, 2.45) is 0 Å². The van der Waals surface area contributed by atoms with Crippen LogP contribution in [0.25, 0.3) is 0 Å². The van der Waals surface area contributed by atoms with Gasteiger partial charge in [-0.25, -0.2) is 0 Å². The maximum absolute atomic E-state index is 12.4. The van der Waals surface area contributed by atoms with Crippen LogP contribution in [-0.2, 0) is 11.2 Å². The Morgan fingerprint density at radius 2 is 1.93 bits per heavy atom. The van der Waals surface area contributed by atoms with Crippen LogP contribution in [0.15, 0.2) is 30.3 Å². The quantitative estimate of drug-likeness (QED) is 0.554. The van der Waals surface area contributed by atoms with E-state index >= 15 is 0 Å². The van der Waals surface area contributed by atoms with Gasteiger partial charge in [-0.1, -0.05) is 32.9 Å². The zero-order valence-corrected chi connectivity index (χ0v) is 16.5. The molecule has 0 spiro atoms. The third kappa shape index (κ3) is 5.06. The lowest BCUT2D eigenvalue weighted by Gasteiger charge is -2.16. The highest BCUT2D eigenvalue weighted by Gasteiger charge is 2.16. The van der Waals surface area contributed by atoms with Gasteiger partial charge in [-0.2, -0.15) is 0 Å². The van der Waals surface area contributed by atoms with E-state index in [-0.39, 0.29) is 24.1 Å². The van der Waals surface area contributed by atoms with Gasteiger partial charge < -0.3 is 10.1 Å². The van der Waals surface area contributed by atoms with Crippen LogP contribution in [0.2, 0.25) is 0 Å². The van der Waals surface area contributed by atoms with Gasteiger partial charge in [-0.05, 0) is 54.5 Å². The van der Waals surface area contributed by atoms with E-state index in [1.807, 2.05) is 32.0 Å². The maximum Gasteiger partial charge on any atom is 0.270 e. The fraction of sp³-hybridized carbons (Fsp3) is 0.381. The van der Waals surface area contributed by atoms with Gasteiger partial charge in [-0.15, -0.1) is 0 Å². The Morgan fingerprint density at radius 3 is 2.52 bits per heavy atom. The summed E-state index contributed by atoms with van der Waals surface area (Å²) in [6, 6.07) is 8.93. The molecule has 0 aliphatic heterocycles. The molecule has 0 bridgehead atoms. The Balaban J connectivity index is 2.15. The first-order valence-corrected chi connectivity index (χ1v) is 9.04. The predicted molar refractivity (Wildman–Crippen MR) is 107 cm³/mol. The van der Waals surface area contributed by atoms with E-state index in [0.717, 1.165) is 16.7 Å². The summed E-state index contributed by atoms with van der Waals surface area (Å²) in [5.41, 5.74) is 4.15. The summed E-state index contributed by atoms with van der Waals surface area (Å²) >= 11 is 0. The van der Waals surface area contributed by atoms with Crippen LogP contribution in [0.3, 0.4) is 0 Å². The number of aryl methyl sites for hydroxylation is 3. The molecule has 144 valence electrons. The van der Waals surface area contributed by atoms with Gasteiger partial charge in [0.25, 0.3) is 11.6 Å². The second kappa shape index (κ2) is 8.66. The molecule has 1 amide bonds. The lowest BCUT2D eigenvalue weighted by atomic mass is 10.0. The molecule has 2 rings (SSSR count). The molecule has 0 saturated heterocycles. The first-order valence-electron chi connectivity index (χ1n) is 9.04. The normalized spacial score (nSPS) is 10.7. The van der Waals surface area contributed by atoms with Crippen molar-refractivity contribution >= 4 is 17.3 Å². The minimum Gasteiger partial charge on any atom is -0.483 e. The molecule has 1 N–H and O–H groups in total. The number of nitro groups is 1. The standard InChI is InChI=1S/C21H26N2O4/c1-6-16-11-17(23(25)26)10-15(5)21(16)22-20(24)12-27-19-9-14(4)7-8-18(19)13(2)3/h7-11,13H,6,12H2,1-5H3,(H,22,24). The first-order chi connectivity index (χ1) is 12.7. The molecule has 6 nitrogen and oxygen atoms in total. The number of nitro benzene ring substituents is 1. The number of nitrogens with one attached hydrogen (secondary N) is 1. The summed E-state index contributed by atoms with van der Waals surface area (Å²) in [6.45, 7) is 9.65. The molecule has 0 aliphatic rings. The number of carbonyl (C=O) groups excluding carboxylic acids is 1. The van der Waals surface area contributed by atoms with Crippen LogP contribution >= 0.6 is 0 Å². The smallest absolute Gasteiger partial charge is 0.270 e. The number of hydrogen-bond donors (Lipinski definition) is 1. The molecular weight excluding hydrogens is 344 g/mol. The van der Waals surface area contributed by atoms with Crippen molar-refractivity contribution in [2.75, 3.05) is 11.9 Å². The highest BCUT2D eigenvalue weighted by molar-refractivity contribution is 5.93. The molecule has 2 aromatic carbocycles. The van der Waals surface area contributed by atoms with Crippen molar-refractivity contribution in [3.63, 3.8) is 0 Å². The highest BCUT2D eigenvalue weighted by atomic mass is 16.6. The van der Waals surface area contributed by atoms with Gasteiger partial charge >= 0.3 is 0 Å². The first kappa shape index (κ1) is 20.4. The molecule has 0 heterocycles. The van der Waals surface area contributed by atoms with Crippen LogP contribution in [0.1, 0.15) is 48.9 Å². The van der Waals surface area contributed by atoms with Crippen molar-refractivity contribution in [1.29, 1.82) is 0 Å². The zero-order chi connectivity index (χ0) is 20.1. The second-order valence-electron chi connectivity index (χ2n) is 6.94. The average Bonchev–Trinajstić information content (AvgIpc) is 2.61. The monoisotopic (exact) mass is 370 g/mol. The molecule has 6 heteroatoms. The number of hydrogen-bond acceptors (Lipinski definition) is 4. The van der Waals surface area contributed by atoms with Crippen molar-refractivity contribution in [1.82, 2.24) is 0 Å². The minimum absolute atomic E-state index is 0.0277. The molecule has 0 unspecified atom stereocenters. The molecule has 27 heavy (non-hydrogen) atoms. The number of amides is 1. The summed E-state index contributed by atoms with van der Waals surface area (Å²) in [4.78, 5) is 23.0. The summed E-state index contributed by atoms with van der Waals surface area (Å²) in [6.07, 6.45) is 0.578. The molecule has 2 aromatic rings. The third-order valence-corrected chi connectivity index (χ3v) is 4.41. The van der Waals surface area contributed by atoms with E-state index in [1.165, 1.54) is 12.1 Å². The van der Waals surface area contributed by atoms with Crippen LogP contribution < -0.4 is 10.1 Å². The zero-order valence-electron chi connectivity index (χ0n) is 16.5. The minimum atomic E-state index is -0.425. The van der Waals surface area contributed by atoms with E-state index in [4.69, 9.17) is 4.74 Å². The van der Waals surface area contributed by atoms with Gasteiger partial charge in [0, 0.05) is 17.8 Å². The highest BCUT2D eigenvalue weighted by Crippen LogP contribution is 2.29. The number of anilines is 1. The van der Waals surface area contributed by atoms with E-state index in [1.54, 1.807) is 6.92 Å². The Bertz CT molecular complexity index is 860. The number of rotatable bonds is 7. The Kier molecular flexibility index (Phi) is 6.55. The predicted octanol–water partition coefficient (Wildman–Crippen LogP) is 4.91. The number of nitrogens with zero attached hydrogens (tertiary/aromatic N) is 1. The SMILES string of the molecule is CCc1cc([N+](=O)[O-])cc(C)c1NC(=O)COc1cc(C)ccc1C(C)C. The lowest BCUT2D eigenvalue weighted by Crippen LogP contribution is -2.22. The number of benzene rings is 2. The number of carbonyl (C=O) groups is 1. The van der Waals surface area contributed by atoms with E-state index < -0.39 is 4.92 Å². The maximum atomic E-state index is 12.4. The molecule has 0 aliphatic carbocycles. The topological polar surface area (TPSA) is 81.5 Å². The van der Waals surface area contributed by atoms with E-state index in [0.29, 0.717) is 23.4 Å². The fourth-order valence-corrected chi connectivity index (χ4v) is 2.97. The van der Waals surface area contributed by atoms with Crippen molar-refractivity contribution in [3.05, 3.63) is 62.7 Å². The van der Waals surface area contributed by atoms with E-state index in [2.05, 4.69) is 19.2 Å². The van der Waals surface area contributed by atoms with E-state index in [9.17, 15) is 14.9 Å². The molecule has 0 saturated carbocycles. The van der Waals surface area contributed by atoms with Gasteiger partial charge in [0.15, 0.2) is 6.61 Å². The van der Waals surface area contributed by atoms with Crippen LogP contribution in [0, 0.1) is 24.0 Å². The third-order valence-electron chi connectivity index (χ3n) is 4.41. The second-order valence-corrected chi connectivity index (χ2v) is 6.94. The molecule has 0 fully saturated rings. The van der Waals surface area contributed by atoms with Gasteiger partial charge in [0.1, 0.15) is 5.75 Å². The number of ether oxygens (including phenoxy) is 1. The van der Waals surface area contributed by atoms with Crippen molar-refractivity contribution < 1.29 is 14.5 Å².